The van der Waals surface area contributed by atoms with Gasteiger partial charge < -0.3 is 5.32 Å². The first-order chi connectivity index (χ1) is 7.29. The Morgan fingerprint density at radius 3 is 2.53 bits per heavy atom. The highest BCUT2D eigenvalue weighted by atomic mass is 32.2. The Kier molecular flexibility index (Phi) is 3.71. The minimum Gasteiger partial charge on any atom is -0.307 e. The van der Waals surface area contributed by atoms with Crippen LogP contribution < -0.4 is 5.32 Å². The topological polar surface area (TPSA) is 12.0 Å². The molecule has 2 heteroatoms. The van der Waals surface area contributed by atoms with Gasteiger partial charge in [-0.15, -0.1) is 11.8 Å². The Bertz CT molecular complexity index is 303. The van der Waals surface area contributed by atoms with Crippen LogP contribution in [0.3, 0.4) is 0 Å². The molecule has 1 aromatic carbocycles. The van der Waals surface area contributed by atoms with Gasteiger partial charge in [-0.25, -0.2) is 0 Å². The lowest BCUT2D eigenvalue weighted by atomic mass is 10.1. The summed E-state index contributed by atoms with van der Waals surface area (Å²) < 4.78 is 0. The zero-order valence-corrected chi connectivity index (χ0v) is 10.3. The van der Waals surface area contributed by atoms with Crippen molar-refractivity contribution in [2.45, 2.75) is 43.7 Å². The number of thioether (sulfide) groups is 1. The summed E-state index contributed by atoms with van der Waals surface area (Å²) in [6.45, 7) is 4.44. The molecule has 1 unspecified atom stereocenters. The third-order valence-electron chi connectivity index (χ3n) is 2.75. The summed E-state index contributed by atoms with van der Waals surface area (Å²) >= 11 is 1.90. The maximum Gasteiger partial charge on any atom is 0.0294 e. The average Bonchev–Trinajstić information content (AvgIpc) is 3.03. The highest BCUT2D eigenvalue weighted by Gasteiger charge is 2.22. The molecular weight excluding hydrogens is 202 g/mol. The van der Waals surface area contributed by atoms with Crippen molar-refractivity contribution >= 4 is 11.8 Å². The van der Waals surface area contributed by atoms with Crippen LogP contribution in [0, 0.1) is 0 Å². The molecule has 0 spiro atoms. The summed E-state index contributed by atoms with van der Waals surface area (Å²) in [4.78, 5) is 1.37. The maximum atomic E-state index is 3.61. The zero-order chi connectivity index (χ0) is 10.7. The molecule has 1 saturated carbocycles. The highest BCUT2D eigenvalue weighted by Crippen LogP contribution is 2.25. The van der Waals surface area contributed by atoms with Crippen molar-refractivity contribution in [3.63, 3.8) is 0 Å². The lowest BCUT2D eigenvalue weighted by Gasteiger charge is -2.13. The third-order valence-corrected chi connectivity index (χ3v) is 3.65. The number of hydrogen-bond acceptors (Lipinski definition) is 2. The summed E-state index contributed by atoms with van der Waals surface area (Å²) in [5, 5.41) is 3.61. The van der Waals surface area contributed by atoms with Crippen molar-refractivity contribution < 1.29 is 0 Å². The molecule has 2 rings (SSSR count). The van der Waals surface area contributed by atoms with Crippen LogP contribution in [0.15, 0.2) is 29.2 Å². The third kappa shape index (κ3) is 3.25. The van der Waals surface area contributed by atoms with Crippen molar-refractivity contribution in [3.05, 3.63) is 29.8 Å². The van der Waals surface area contributed by atoms with E-state index in [0.29, 0.717) is 6.04 Å². The molecule has 1 nitrogen and oxygen atoms in total. The van der Waals surface area contributed by atoms with Gasteiger partial charge >= 0.3 is 0 Å². The molecule has 1 fully saturated rings. The molecule has 82 valence electrons. The molecule has 1 aliphatic rings. The van der Waals surface area contributed by atoms with Gasteiger partial charge in [-0.3, -0.25) is 0 Å². The zero-order valence-electron chi connectivity index (χ0n) is 9.49. The van der Waals surface area contributed by atoms with Crippen LogP contribution in [0.1, 0.15) is 38.3 Å². The highest BCUT2D eigenvalue weighted by molar-refractivity contribution is 7.99. The molecule has 1 aromatic rings. The monoisotopic (exact) mass is 221 g/mol. The molecular formula is C13H19NS. The largest absolute Gasteiger partial charge is 0.307 e. The summed E-state index contributed by atoms with van der Waals surface area (Å²) in [5.74, 6) is 1.15. The van der Waals surface area contributed by atoms with Gasteiger partial charge in [0.1, 0.15) is 0 Å². The van der Waals surface area contributed by atoms with Crippen LogP contribution in [0.25, 0.3) is 0 Å². The Hall–Kier alpha value is -0.470. The second-order valence-electron chi connectivity index (χ2n) is 4.16. The minimum absolute atomic E-state index is 0.498. The lowest BCUT2D eigenvalue weighted by molar-refractivity contribution is 0.571. The van der Waals surface area contributed by atoms with Crippen LogP contribution in [-0.4, -0.2) is 11.8 Å². The van der Waals surface area contributed by atoms with Crippen LogP contribution >= 0.6 is 11.8 Å². The van der Waals surface area contributed by atoms with Crippen LogP contribution in [0.5, 0.6) is 0 Å². The standard InChI is InChI=1S/C13H19NS/c1-3-15-13-8-4-11(5-9-13)10(2)14-12-6-7-12/h4-5,8-10,12,14H,3,6-7H2,1-2H3. The molecule has 0 radical (unpaired) electrons. The van der Waals surface area contributed by atoms with E-state index in [0.717, 1.165) is 11.8 Å². The number of benzene rings is 1. The second kappa shape index (κ2) is 5.04. The first-order valence-corrected chi connectivity index (χ1v) is 6.77. The quantitative estimate of drug-likeness (QED) is 0.762. The van der Waals surface area contributed by atoms with Gasteiger partial charge in [0.05, 0.1) is 0 Å². The summed E-state index contributed by atoms with van der Waals surface area (Å²) in [7, 11) is 0. The van der Waals surface area contributed by atoms with E-state index in [4.69, 9.17) is 0 Å². The van der Waals surface area contributed by atoms with E-state index in [1.165, 1.54) is 23.3 Å². The molecule has 0 bridgehead atoms. The van der Waals surface area contributed by atoms with Crippen LogP contribution in [0.4, 0.5) is 0 Å². The van der Waals surface area contributed by atoms with Crippen molar-refractivity contribution in [3.8, 4) is 0 Å². The van der Waals surface area contributed by atoms with Crippen LogP contribution in [0.2, 0.25) is 0 Å². The Morgan fingerprint density at radius 1 is 1.33 bits per heavy atom. The predicted molar refractivity (Wildman–Crippen MR) is 67.4 cm³/mol. The van der Waals surface area contributed by atoms with E-state index in [1.807, 2.05) is 11.8 Å². The molecule has 0 saturated heterocycles. The average molecular weight is 221 g/mol. The van der Waals surface area contributed by atoms with Gasteiger partial charge in [0, 0.05) is 17.0 Å². The molecule has 1 atom stereocenters. The van der Waals surface area contributed by atoms with Crippen molar-refractivity contribution in [1.82, 2.24) is 5.32 Å². The van der Waals surface area contributed by atoms with Gasteiger partial charge in [-0.2, -0.15) is 0 Å². The molecule has 1 aliphatic carbocycles. The normalized spacial score (nSPS) is 17.7. The Morgan fingerprint density at radius 2 is 2.00 bits per heavy atom. The van der Waals surface area contributed by atoms with Gasteiger partial charge in [-0.1, -0.05) is 19.1 Å². The number of nitrogens with one attached hydrogen (secondary N) is 1. The fraction of sp³-hybridized carbons (Fsp3) is 0.538. The predicted octanol–water partition coefficient (Wildman–Crippen LogP) is 3.61. The van der Waals surface area contributed by atoms with E-state index < -0.39 is 0 Å². The van der Waals surface area contributed by atoms with Crippen molar-refractivity contribution in [2.75, 3.05) is 5.75 Å². The maximum absolute atomic E-state index is 3.61. The van der Waals surface area contributed by atoms with E-state index >= 15 is 0 Å². The Labute approximate surface area is 96.7 Å². The van der Waals surface area contributed by atoms with E-state index in [1.54, 1.807) is 0 Å². The second-order valence-corrected chi connectivity index (χ2v) is 5.50. The first kappa shape index (κ1) is 11.0. The number of hydrogen-bond donors (Lipinski definition) is 1. The SMILES string of the molecule is CCSc1ccc(C(C)NC2CC2)cc1. The summed E-state index contributed by atoms with van der Waals surface area (Å²) in [5.41, 5.74) is 1.40. The minimum atomic E-state index is 0.498. The summed E-state index contributed by atoms with van der Waals surface area (Å²) in [6, 6.07) is 10.2. The molecule has 0 aromatic heterocycles. The fourth-order valence-electron chi connectivity index (χ4n) is 1.72. The van der Waals surface area contributed by atoms with Crippen molar-refractivity contribution in [2.24, 2.45) is 0 Å². The molecule has 0 heterocycles. The molecule has 0 aliphatic heterocycles. The van der Waals surface area contributed by atoms with Gasteiger partial charge in [0.25, 0.3) is 0 Å². The Balaban J connectivity index is 1.95. The smallest absolute Gasteiger partial charge is 0.0294 e. The number of rotatable bonds is 5. The van der Waals surface area contributed by atoms with Gasteiger partial charge in [-0.05, 0) is 43.2 Å². The van der Waals surface area contributed by atoms with Gasteiger partial charge in [0.15, 0.2) is 0 Å². The van der Waals surface area contributed by atoms with Crippen LogP contribution in [-0.2, 0) is 0 Å². The van der Waals surface area contributed by atoms with E-state index in [2.05, 4.69) is 43.4 Å². The fourth-order valence-corrected chi connectivity index (χ4v) is 2.38. The summed E-state index contributed by atoms with van der Waals surface area (Å²) in [6.07, 6.45) is 2.71. The van der Waals surface area contributed by atoms with Gasteiger partial charge in [0.2, 0.25) is 0 Å². The van der Waals surface area contributed by atoms with Crippen molar-refractivity contribution in [1.29, 1.82) is 0 Å². The lowest BCUT2D eigenvalue weighted by Crippen LogP contribution is -2.20. The van der Waals surface area contributed by atoms with E-state index in [9.17, 15) is 0 Å². The molecule has 15 heavy (non-hydrogen) atoms. The molecule has 1 N–H and O–H groups in total. The first-order valence-electron chi connectivity index (χ1n) is 5.78. The molecule has 0 amide bonds. The van der Waals surface area contributed by atoms with E-state index in [-0.39, 0.29) is 0 Å².